The highest BCUT2D eigenvalue weighted by atomic mass is 32.2. The summed E-state index contributed by atoms with van der Waals surface area (Å²) in [6.45, 7) is 3.09. The van der Waals surface area contributed by atoms with Gasteiger partial charge in [0.05, 0.1) is 22.2 Å². The van der Waals surface area contributed by atoms with Crippen molar-refractivity contribution in [3.8, 4) is 0 Å². The second kappa shape index (κ2) is 5.14. The topological polar surface area (TPSA) is 59.1 Å². The van der Waals surface area contributed by atoms with Crippen LogP contribution in [0.25, 0.3) is 0 Å². The van der Waals surface area contributed by atoms with E-state index in [4.69, 9.17) is 4.98 Å². The number of hydrogen-bond acceptors (Lipinski definition) is 5. The van der Waals surface area contributed by atoms with Crippen molar-refractivity contribution in [1.82, 2.24) is 10.3 Å². The SMILES string of the molecule is CCNC1CCCc2nc(C3CCS(=O)(=O)C3)sc21. The number of nitrogens with one attached hydrogen (secondary N) is 1. The smallest absolute Gasteiger partial charge is 0.151 e. The fourth-order valence-electron chi connectivity index (χ4n) is 3.04. The van der Waals surface area contributed by atoms with E-state index in [1.54, 1.807) is 11.3 Å². The summed E-state index contributed by atoms with van der Waals surface area (Å²) in [5, 5.41) is 4.56. The quantitative estimate of drug-likeness (QED) is 0.928. The Morgan fingerprint density at radius 3 is 2.95 bits per heavy atom. The second-order valence-corrected chi connectivity index (χ2v) is 8.76. The zero-order valence-corrected chi connectivity index (χ0v) is 12.8. The molecule has 19 heavy (non-hydrogen) atoms. The average molecular weight is 300 g/mol. The predicted octanol–water partition coefficient (Wildman–Crippen LogP) is 2.03. The van der Waals surface area contributed by atoms with Crippen LogP contribution in [0.5, 0.6) is 0 Å². The predicted molar refractivity (Wildman–Crippen MR) is 77.5 cm³/mol. The maximum atomic E-state index is 11.6. The monoisotopic (exact) mass is 300 g/mol. The van der Waals surface area contributed by atoms with E-state index in [9.17, 15) is 8.42 Å². The van der Waals surface area contributed by atoms with Crippen LogP contribution in [0.2, 0.25) is 0 Å². The van der Waals surface area contributed by atoms with Gasteiger partial charge in [-0.2, -0.15) is 0 Å². The van der Waals surface area contributed by atoms with Gasteiger partial charge < -0.3 is 5.32 Å². The van der Waals surface area contributed by atoms with E-state index < -0.39 is 9.84 Å². The molecule has 6 heteroatoms. The second-order valence-electron chi connectivity index (χ2n) is 5.47. The Bertz CT molecular complexity index is 565. The standard InChI is InChI=1S/C13H20N2O2S2/c1-2-14-10-4-3-5-11-12(10)18-13(15-11)9-6-7-19(16,17)8-9/h9-10,14H,2-8H2,1H3. The van der Waals surface area contributed by atoms with Crippen LogP contribution in [0.3, 0.4) is 0 Å². The molecule has 0 radical (unpaired) electrons. The number of thiazole rings is 1. The third kappa shape index (κ3) is 2.71. The van der Waals surface area contributed by atoms with Crippen molar-refractivity contribution < 1.29 is 8.42 Å². The fourth-order valence-corrected chi connectivity index (χ4v) is 6.26. The van der Waals surface area contributed by atoms with Crippen molar-refractivity contribution >= 4 is 21.2 Å². The van der Waals surface area contributed by atoms with Gasteiger partial charge >= 0.3 is 0 Å². The molecular formula is C13H20N2O2S2. The van der Waals surface area contributed by atoms with Crippen molar-refractivity contribution in [1.29, 1.82) is 0 Å². The van der Waals surface area contributed by atoms with E-state index in [2.05, 4.69) is 12.2 Å². The van der Waals surface area contributed by atoms with Gasteiger partial charge in [-0.15, -0.1) is 11.3 Å². The van der Waals surface area contributed by atoms with Gasteiger partial charge in [-0.3, -0.25) is 0 Å². The molecule has 1 fully saturated rings. The van der Waals surface area contributed by atoms with Crippen LogP contribution in [0, 0.1) is 0 Å². The van der Waals surface area contributed by atoms with E-state index in [0.29, 0.717) is 17.5 Å². The zero-order valence-electron chi connectivity index (χ0n) is 11.2. The summed E-state index contributed by atoms with van der Waals surface area (Å²) in [7, 11) is -2.82. The van der Waals surface area contributed by atoms with Crippen LogP contribution in [0.15, 0.2) is 0 Å². The molecule has 0 bridgehead atoms. The molecule has 1 aliphatic carbocycles. The number of nitrogens with zero attached hydrogens (tertiary/aromatic N) is 1. The Morgan fingerprint density at radius 2 is 2.26 bits per heavy atom. The first-order valence-corrected chi connectivity index (χ1v) is 9.66. The van der Waals surface area contributed by atoms with Crippen molar-refractivity contribution in [2.24, 2.45) is 0 Å². The van der Waals surface area contributed by atoms with Crippen molar-refractivity contribution in [2.45, 2.75) is 44.6 Å². The third-order valence-corrected chi connectivity index (χ3v) is 7.14. The largest absolute Gasteiger partial charge is 0.309 e. The van der Waals surface area contributed by atoms with Gasteiger partial charge in [-0.1, -0.05) is 6.92 Å². The molecule has 1 N–H and O–H groups in total. The van der Waals surface area contributed by atoms with Crippen LogP contribution >= 0.6 is 11.3 Å². The molecule has 2 aliphatic rings. The number of hydrogen-bond donors (Lipinski definition) is 1. The van der Waals surface area contributed by atoms with Crippen LogP contribution in [0.4, 0.5) is 0 Å². The summed E-state index contributed by atoms with van der Waals surface area (Å²) < 4.78 is 23.2. The van der Waals surface area contributed by atoms with E-state index in [1.807, 2.05) is 0 Å². The molecule has 106 valence electrons. The van der Waals surface area contributed by atoms with Crippen molar-refractivity contribution in [3.05, 3.63) is 15.6 Å². The Balaban J connectivity index is 1.86. The molecule has 2 atom stereocenters. The summed E-state index contributed by atoms with van der Waals surface area (Å²) in [5.41, 5.74) is 1.21. The number of fused-ring (bicyclic) bond motifs is 1. The third-order valence-electron chi connectivity index (χ3n) is 4.00. The molecule has 1 aromatic heterocycles. The van der Waals surface area contributed by atoms with Gasteiger partial charge in [0, 0.05) is 16.8 Å². The first-order chi connectivity index (χ1) is 9.09. The maximum Gasteiger partial charge on any atom is 0.151 e. The van der Waals surface area contributed by atoms with Gasteiger partial charge in [0.2, 0.25) is 0 Å². The Hall–Kier alpha value is -0.460. The molecule has 0 aromatic carbocycles. The van der Waals surface area contributed by atoms with Crippen molar-refractivity contribution in [3.63, 3.8) is 0 Å². The number of aromatic nitrogens is 1. The van der Waals surface area contributed by atoms with E-state index >= 15 is 0 Å². The fraction of sp³-hybridized carbons (Fsp3) is 0.769. The minimum absolute atomic E-state index is 0.142. The number of aryl methyl sites for hydroxylation is 1. The number of sulfone groups is 1. The molecule has 3 rings (SSSR count). The lowest BCUT2D eigenvalue weighted by Crippen LogP contribution is -2.23. The lowest BCUT2D eigenvalue weighted by Gasteiger charge is -2.21. The van der Waals surface area contributed by atoms with Crippen LogP contribution in [-0.4, -0.2) is 31.5 Å². The molecule has 1 aliphatic heterocycles. The lowest BCUT2D eigenvalue weighted by molar-refractivity contribution is 0.476. The lowest BCUT2D eigenvalue weighted by atomic mass is 9.98. The summed E-state index contributed by atoms with van der Waals surface area (Å²) in [6, 6.07) is 0.429. The molecule has 0 amide bonds. The van der Waals surface area contributed by atoms with Gasteiger partial charge in [0.1, 0.15) is 0 Å². The van der Waals surface area contributed by atoms with Crippen LogP contribution in [-0.2, 0) is 16.3 Å². The van der Waals surface area contributed by atoms with Gasteiger partial charge in [0.15, 0.2) is 9.84 Å². The first-order valence-electron chi connectivity index (χ1n) is 7.02. The Morgan fingerprint density at radius 1 is 1.42 bits per heavy atom. The molecule has 2 heterocycles. The van der Waals surface area contributed by atoms with Gasteiger partial charge in [0.25, 0.3) is 0 Å². The van der Waals surface area contributed by atoms with Crippen LogP contribution in [0.1, 0.15) is 53.7 Å². The molecule has 1 saturated heterocycles. The number of rotatable bonds is 3. The van der Waals surface area contributed by atoms with Crippen molar-refractivity contribution in [2.75, 3.05) is 18.1 Å². The summed E-state index contributed by atoms with van der Waals surface area (Å²) >= 11 is 1.74. The highest BCUT2D eigenvalue weighted by molar-refractivity contribution is 7.91. The van der Waals surface area contributed by atoms with Crippen LogP contribution < -0.4 is 5.32 Å². The summed E-state index contributed by atoms with van der Waals surface area (Å²) in [4.78, 5) is 6.10. The van der Waals surface area contributed by atoms with E-state index in [0.717, 1.165) is 24.4 Å². The first kappa shape index (κ1) is 13.5. The minimum Gasteiger partial charge on any atom is -0.309 e. The molecule has 0 spiro atoms. The molecular weight excluding hydrogens is 280 g/mol. The maximum absolute atomic E-state index is 11.6. The highest BCUT2D eigenvalue weighted by Crippen LogP contribution is 2.39. The molecule has 2 unspecified atom stereocenters. The molecule has 1 aromatic rings. The van der Waals surface area contributed by atoms with Gasteiger partial charge in [-0.25, -0.2) is 13.4 Å². The Labute approximate surface area is 118 Å². The van der Waals surface area contributed by atoms with Gasteiger partial charge in [-0.05, 0) is 32.2 Å². The molecule has 0 saturated carbocycles. The summed E-state index contributed by atoms with van der Waals surface area (Å²) in [5.74, 6) is 0.770. The average Bonchev–Trinajstić information content (AvgIpc) is 2.93. The van der Waals surface area contributed by atoms with E-state index in [-0.39, 0.29) is 5.92 Å². The Kier molecular flexibility index (Phi) is 3.66. The normalized spacial score (nSPS) is 29.3. The summed E-state index contributed by atoms with van der Waals surface area (Å²) in [6.07, 6.45) is 4.15. The zero-order chi connectivity index (χ0) is 13.5. The van der Waals surface area contributed by atoms with E-state index in [1.165, 1.54) is 23.4 Å². The highest BCUT2D eigenvalue weighted by Gasteiger charge is 2.33. The minimum atomic E-state index is -2.82. The molecule has 4 nitrogen and oxygen atoms in total.